The predicted octanol–water partition coefficient (Wildman–Crippen LogP) is 4.47. The molecular formula is C26H19IN2O5. The molecule has 0 saturated carbocycles. The Morgan fingerprint density at radius 3 is 2.26 bits per heavy atom. The molecule has 0 aliphatic heterocycles. The standard InChI is InChI=1S/C26H19IN2O5/c27-22-12-11-16(25(31)32)14-23(22)29-24(30)10-5-13-28-26(33)34-15-21-19-8-3-1-6-17(19)18-7-2-4-9-20(18)21/h1-4,6-9,11-12,14,21H,13,15H2,(H,28,33)(H,29,30)(H,31,32). The first kappa shape index (κ1) is 23.3. The van der Waals surface area contributed by atoms with E-state index < -0.39 is 18.0 Å². The van der Waals surface area contributed by atoms with Gasteiger partial charge in [0.15, 0.2) is 0 Å². The van der Waals surface area contributed by atoms with Crippen molar-refractivity contribution in [2.24, 2.45) is 0 Å². The van der Waals surface area contributed by atoms with Crippen LogP contribution in [0.1, 0.15) is 27.4 Å². The van der Waals surface area contributed by atoms with Gasteiger partial charge in [-0.3, -0.25) is 4.79 Å². The average molecular weight is 566 g/mol. The molecule has 0 heterocycles. The topological polar surface area (TPSA) is 105 Å². The molecule has 0 spiro atoms. The fraction of sp³-hybridized carbons (Fsp3) is 0.115. The van der Waals surface area contributed by atoms with Gasteiger partial charge < -0.3 is 20.5 Å². The number of nitrogens with one attached hydrogen (secondary N) is 2. The molecule has 0 bridgehead atoms. The number of hydrogen-bond donors (Lipinski definition) is 3. The van der Waals surface area contributed by atoms with Crippen LogP contribution < -0.4 is 10.6 Å². The summed E-state index contributed by atoms with van der Waals surface area (Å²) >= 11 is 1.98. The van der Waals surface area contributed by atoms with Gasteiger partial charge in [0.05, 0.1) is 17.8 Å². The molecule has 3 aromatic carbocycles. The molecule has 7 nitrogen and oxygen atoms in total. The molecule has 3 N–H and O–H groups in total. The summed E-state index contributed by atoms with van der Waals surface area (Å²) in [5.74, 6) is 3.17. The van der Waals surface area contributed by atoms with Crippen LogP contribution in [-0.4, -0.2) is 36.2 Å². The van der Waals surface area contributed by atoms with Gasteiger partial charge in [-0.05, 0) is 69.0 Å². The Bertz CT molecular complexity index is 1300. The van der Waals surface area contributed by atoms with Gasteiger partial charge in [-0.25, -0.2) is 9.59 Å². The SMILES string of the molecule is O=C(C#CCNC(=O)OCC1c2ccccc2-c2ccccc21)Nc1cc(C(=O)O)ccc1I. The first-order valence-corrected chi connectivity index (χ1v) is 11.4. The summed E-state index contributed by atoms with van der Waals surface area (Å²) in [4.78, 5) is 35.3. The highest BCUT2D eigenvalue weighted by Crippen LogP contribution is 2.44. The number of amides is 2. The number of benzene rings is 3. The number of aromatic carboxylic acids is 1. The van der Waals surface area contributed by atoms with Crippen LogP contribution in [0.2, 0.25) is 0 Å². The van der Waals surface area contributed by atoms with Gasteiger partial charge in [0.25, 0.3) is 5.91 Å². The first-order chi connectivity index (χ1) is 16.4. The van der Waals surface area contributed by atoms with Crippen LogP contribution in [0.3, 0.4) is 0 Å². The largest absolute Gasteiger partial charge is 0.478 e. The summed E-state index contributed by atoms with van der Waals surface area (Å²) in [6.45, 7) is 0.114. The molecule has 2 amide bonds. The van der Waals surface area contributed by atoms with Gasteiger partial charge >= 0.3 is 12.1 Å². The lowest BCUT2D eigenvalue weighted by atomic mass is 9.98. The number of anilines is 1. The molecule has 0 radical (unpaired) electrons. The molecule has 8 heteroatoms. The molecule has 0 aromatic heterocycles. The van der Waals surface area contributed by atoms with Crippen LogP contribution in [0.5, 0.6) is 0 Å². The molecule has 0 atom stereocenters. The van der Waals surface area contributed by atoms with E-state index >= 15 is 0 Å². The van der Waals surface area contributed by atoms with Crippen LogP contribution in [0.25, 0.3) is 11.1 Å². The lowest BCUT2D eigenvalue weighted by molar-refractivity contribution is -0.111. The van der Waals surface area contributed by atoms with E-state index in [9.17, 15) is 14.4 Å². The summed E-state index contributed by atoms with van der Waals surface area (Å²) in [5, 5.41) is 14.1. The van der Waals surface area contributed by atoms with Gasteiger partial charge in [-0.2, -0.15) is 0 Å². The molecule has 3 aromatic rings. The van der Waals surface area contributed by atoms with Crippen molar-refractivity contribution in [3.05, 3.63) is 87.0 Å². The molecule has 0 unspecified atom stereocenters. The Hall–Kier alpha value is -3.84. The first-order valence-electron chi connectivity index (χ1n) is 10.4. The molecule has 170 valence electrons. The Morgan fingerprint density at radius 2 is 1.62 bits per heavy atom. The number of hydrogen-bond acceptors (Lipinski definition) is 4. The van der Waals surface area contributed by atoms with Crippen molar-refractivity contribution >= 4 is 46.2 Å². The summed E-state index contributed by atoms with van der Waals surface area (Å²) < 4.78 is 6.09. The second kappa shape index (κ2) is 10.4. The van der Waals surface area contributed by atoms with Gasteiger partial charge in [-0.1, -0.05) is 54.5 Å². The fourth-order valence-electron chi connectivity index (χ4n) is 3.80. The number of carboxylic acids is 1. The van der Waals surface area contributed by atoms with E-state index in [1.165, 1.54) is 12.1 Å². The zero-order valence-electron chi connectivity index (χ0n) is 17.8. The fourth-order valence-corrected chi connectivity index (χ4v) is 4.27. The molecule has 1 aliphatic rings. The van der Waals surface area contributed by atoms with Crippen molar-refractivity contribution in [2.45, 2.75) is 5.92 Å². The smallest absolute Gasteiger partial charge is 0.407 e. The lowest BCUT2D eigenvalue weighted by Crippen LogP contribution is -2.26. The summed E-state index contributed by atoms with van der Waals surface area (Å²) in [6.07, 6.45) is -0.625. The highest BCUT2D eigenvalue weighted by molar-refractivity contribution is 14.1. The van der Waals surface area contributed by atoms with E-state index in [-0.39, 0.29) is 24.6 Å². The van der Waals surface area contributed by atoms with E-state index in [0.29, 0.717) is 9.26 Å². The van der Waals surface area contributed by atoms with E-state index in [0.717, 1.165) is 22.3 Å². The van der Waals surface area contributed by atoms with E-state index in [1.54, 1.807) is 6.07 Å². The average Bonchev–Trinajstić information content (AvgIpc) is 3.15. The maximum atomic E-state index is 12.1. The van der Waals surface area contributed by atoms with Crippen LogP contribution >= 0.6 is 22.6 Å². The lowest BCUT2D eigenvalue weighted by Gasteiger charge is -2.14. The summed E-state index contributed by atoms with van der Waals surface area (Å²) in [5.41, 5.74) is 4.94. The Balaban J connectivity index is 1.29. The second-order valence-corrected chi connectivity index (χ2v) is 8.60. The number of carbonyl (C=O) groups excluding carboxylic acids is 2. The third-order valence-corrected chi connectivity index (χ3v) is 6.27. The highest BCUT2D eigenvalue weighted by atomic mass is 127. The van der Waals surface area contributed by atoms with Crippen molar-refractivity contribution in [2.75, 3.05) is 18.5 Å². The van der Waals surface area contributed by atoms with Crippen molar-refractivity contribution < 1.29 is 24.2 Å². The van der Waals surface area contributed by atoms with E-state index in [1.807, 2.05) is 59.0 Å². The van der Waals surface area contributed by atoms with Gasteiger partial charge in [0, 0.05) is 9.49 Å². The minimum atomic E-state index is -1.09. The Labute approximate surface area is 209 Å². The number of carboxylic acid groups (broad SMARTS) is 1. The van der Waals surface area contributed by atoms with E-state index in [2.05, 4.69) is 34.6 Å². The molecule has 1 aliphatic carbocycles. The van der Waals surface area contributed by atoms with E-state index in [4.69, 9.17) is 9.84 Å². The second-order valence-electron chi connectivity index (χ2n) is 7.43. The zero-order chi connectivity index (χ0) is 24.1. The Morgan fingerprint density at radius 1 is 0.971 bits per heavy atom. The predicted molar refractivity (Wildman–Crippen MR) is 136 cm³/mol. The number of alkyl carbamates (subject to hydrolysis) is 1. The maximum absolute atomic E-state index is 12.1. The highest BCUT2D eigenvalue weighted by Gasteiger charge is 2.28. The zero-order valence-corrected chi connectivity index (χ0v) is 20.0. The molecule has 4 rings (SSSR count). The van der Waals surface area contributed by atoms with Crippen LogP contribution in [0, 0.1) is 15.4 Å². The van der Waals surface area contributed by atoms with Crippen molar-refractivity contribution in [3.8, 4) is 23.0 Å². The number of fused-ring (bicyclic) bond motifs is 3. The molecule has 34 heavy (non-hydrogen) atoms. The maximum Gasteiger partial charge on any atom is 0.407 e. The van der Waals surface area contributed by atoms with Crippen LogP contribution in [0.4, 0.5) is 10.5 Å². The minimum Gasteiger partial charge on any atom is -0.478 e. The van der Waals surface area contributed by atoms with Crippen LogP contribution in [-0.2, 0) is 9.53 Å². The minimum absolute atomic E-state index is 0.0425. The Kier molecular flexibility index (Phi) is 7.13. The van der Waals surface area contributed by atoms with Crippen molar-refractivity contribution in [1.29, 1.82) is 0 Å². The number of rotatable bonds is 5. The quantitative estimate of drug-likeness (QED) is 0.313. The molecule has 0 fully saturated rings. The molecular weight excluding hydrogens is 547 g/mol. The van der Waals surface area contributed by atoms with Crippen molar-refractivity contribution in [1.82, 2.24) is 5.32 Å². The third-order valence-electron chi connectivity index (χ3n) is 5.33. The van der Waals surface area contributed by atoms with Gasteiger partial charge in [0.1, 0.15) is 6.61 Å². The van der Waals surface area contributed by atoms with Crippen molar-refractivity contribution in [3.63, 3.8) is 0 Å². The molecule has 0 saturated heterocycles. The number of halogens is 1. The summed E-state index contributed by atoms with van der Waals surface area (Å²) in [7, 11) is 0. The number of ether oxygens (including phenoxy) is 1. The number of carbonyl (C=O) groups is 3. The summed E-state index contributed by atoms with van der Waals surface area (Å²) in [6, 6.07) is 20.5. The third kappa shape index (κ3) is 5.21. The normalized spacial score (nSPS) is 11.4. The van der Waals surface area contributed by atoms with Gasteiger partial charge in [0.2, 0.25) is 0 Å². The monoisotopic (exact) mass is 566 g/mol. The van der Waals surface area contributed by atoms with Crippen LogP contribution in [0.15, 0.2) is 66.7 Å². The van der Waals surface area contributed by atoms with Gasteiger partial charge in [-0.15, -0.1) is 0 Å².